The van der Waals surface area contributed by atoms with Gasteiger partial charge >= 0.3 is 0 Å². The van der Waals surface area contributed by atoms with E-state index in [1.807, 2.05) is 0 Å². The van der Waals surface area contributed by atoms with E-state index < -0.39 is 9.84 Å². The van der Waals surface area contributed by atoms with Crippen molar-refractivity contribution in [2.75, 3.05) is 23.8 Å². The number of hydrogen-bond acceptors (Lipinski definition) is 4. The minimum atomic E-state index is -2.83. The van der Waals surface area contributed by atoms with Crippen LogP contribution < -0.4 is 5.32 Å². The molecule has 21 heavy (non-hydrogen) atoms. The molecular formula is C15H27NO3S2. The Kier molecular flexibility index (Phi) is 6.41. The van der Waals surface area contributed by atoms with E-state index in [2.05, 4.69) is 12.2 Å². The maximum Gasteiger partial charge on any atom is 0.230 e. The second kappa shape index (κ2) is 7.86. The lowest BCUT2D eigenvalue weighted by Crippen LogP contribution is -2.32. The van der Waals surface area contributed by atoms with Crippen LogP contribution in [-0.4, -0.2) is 43.4 Å². The zero-order valence-corrected chi connectivity index (χ0v) is 14.5. The SMILES string of the molecule is CCC1CCC(CNC(=O)CSC2CCS(=O)(=O)C2)CC1. The van der Waals surface area contributed by atoms with Crippen molar-refractivity contribution in [3.63, 3.8) is 0 Å². The van der Waals surface area contributed by atoms with Crippen molar-refractivity contribution in [1.82, 2.24) is 5.32 Å². The third-order valence-corrected chi connectivity index (χ3v) is 8.05. The third-order valence-electron chi connectivity index (χ3n) is 4.77. The molecule has 2 fully saturated rings. The summed E-state index contributed by atoms with van der Waals surface area (Å²) in [5, 5.41) is 3.13. The molecular weight excluding hydrogens is 306 g/mol. The van der Waals surface area contributed by atoms with Gasteiger partial charge in [-0.25, -0.2) is 8.42 Å². The van der Waals surface area contributed by atoms with Crippen molar-refractivity contribution in [2.24, 2.45) is 11.8 Å². The molecule has 122 valence electrons. The Balaban J connectivity index is 1.58. The molecule has 0 bridgehead atoms. The van der Waals surface area contributed by atoms with Crippen molar-refractivity contribution < 1.29 is 13.2 Å². The molecule has 0 spiro atoms. The van der Waals surface area contributed by atoms with Gasteiger partial charge in [0.05, 0.1) is 17.3 Å². The lowest BCUT2D eigenvalue weighted by atomic mass is 9.81. The lowest BCUT2D eigenvalue weighted by Gasteiger charge is -2.27. The van der Waals surface area contributed by atoms with Crippen molar-refractivity contribution in [1.29, 1.82) is 0 Å². The van der Waals surface area contributed by atoms with E-state index >= 15 is 0 Å². The third kappa shape index (κ3) is 5.81. The molecule has 2 aliphatic rings. The van der Waals surface area contributed by atoms with E-state index in [0.29, 0.717) is 18.1 Å². The van der Waals surface area contributed by atoms with Crippen molar-refractivity contribution in [3.05, 3.63) is 0 Å². The Morgan fingerprint density at radius 1 is 1.14 bits per heavy atom. The van der Waals surface area contributed by atoms with E-state index in [9.17, 15) is 13.2 Å². The number of thioether (sulfide) groups is 1. The summed E-state index contributed by atoms with van der Waals surface area (Å²) in [7, 11) is -2.83. The number of sulfone groups is 1. The fraction of sp³-hybridized carbons (Fsp3) is 0.933. The van der Waals surface area contributed by atoms with Crippen LogP contribution in [0.25, 0.3) is 0 Å². The summed E-state index contributed by atoms with van der Waals surface area (Å²) in [5.41, 5.74) is 0. The Hall–Kier alpha value is -0.230. The number of rotatable bonds is 6. The van der Waals surface area contributed by atoms with Crippen LogP contribution in [0.2, 0.25) is 0 Å². The van der Waals surface area contributed by atoms with Crippen molar-refractivity contribution in [2.45, 2.75) is 50.7 Å². The molecule has 1 aliphatic heterocycles. The first-order valence-corrected chi connectivity index (χ1v) is 10.9. The molecule has 0 aromatic heterocycles. The minimum Gasteiger partial charge on any atom is -0.355 e. The van der Waals surface area contributed by atoms with E-state index in [1.165, 1.54) is 43.9 Å². The van der Waals surface area contributed by atoms with Crippen LogP contribution in [0.1, 0.15) is 45.4 Å². The highest BCUT2D eigenvalue weighted by Gasteiger charge is 2.28. The number of amides is 1. The normalized spacial score (nSPS) is 32.0. The first-order chi connectivity index (χ1) is 9.98. The van der Waals surface area contributed by atoms with E-state index in [1.54, 1.807) is 0 Å². The molecule has 1 amide bonds. The topological polar surface area (TPSA) is 63.2 Å². The van der Waals surface area contributed by atoms with Crippen LogP contribution in [0.5, 0.6) is 0 Å². The Morgan fingerprint density at radius 3 is 2.38 bits per heavy atom. The summed E-state index contributed by atoms with van der Waals surface area (Å²) in [6.45, 7) is 3.05. The molecule has 0 aromatic carbocycles. The molecule has 1 atom stereocenters. The molecule has 1 N–H and O–H groups in total. The molecule has 0 aromatic rings. The average Bonchev–Trinajstić information content (AvgIpc) is 2.83. The number of carbonyl (C=O) groups is 1. The van der Waals surface area contributed by atoms with Gasteiger partial charge in [-0.1, -0.05) is 26.2 Å². The predicted molar refractivity (Wildman–Crippen MR) is 88.3 cm³/mol. The fourth-order valence-electron chi connectivity index (χ4n) is 3.24. The van der Waals surface area contributed by atoms with Crippen LogP contribution in [0.3, 0.4) is 0 Å². The molecule has 1 unspecified atom stereocenters. The molecule has 0 radical (unpaired) electrons. The number of nitrogens with one attached hydrogen (secondary N) is 1. The quantitative estimate of drug-likeness (QED) is 0.810. The van der Waals surface area contributed by atoms with Gasteiger partial charge in [-0.05, 0) is 31.1 Å². The van der Waals surface area contributed by atoms with Crippen LogP contribution in [0.4, 0.5) is 0 Å². The second-order valence-corrected chi connectivity index (χ2v) is 9.95. The summed E-state index contributed by atoms with van der Waals surface area (Å²) in [5.74, 6) is 2.50. The van der Waals surface area contributed by atoms with Gasteiger partial charge < -0.3 is 5.32 Å². The van der Waals surface area contributed by atoms with Gasteiger partial charge in [0, 0.05) is 11.8 Å². The van der Waals surface area contributed by atoms with Crippen molar-refractivity contribution >= 4 is 27.5 Å². The van der Waals surface area contributed by atoms with Crippen LogP contribution >= 0.6 is 11.8 Å². The van der Waals surface area contributed by atoms with Crippen LogP contribution in [0.15, 0.2) is 0 Å². The van der Waals surface area contributed by atoms with E-state index in [0.717, 1.165) is 12.5 Å². The van der Waals surface area contributed by atoms with Crippen LogP contribution in [0, 0.1) is 11.8 Å². The highest BCUT2D eigenvalue weighted by atomic mass is 32.2. The lowest BCUT2D eigenvalue weighted by molar-refractivity contribution is -0.118. The highest BCUT2D eigenvalue weighted by Crippen LogP contribution is 2.30. The second-order valence-electron chi connectivity index (χ2n) is 6.44. The molecule has 1 saturated carbocycles. The molecule has 4 nitrogen and oxygen atoms in total. The monoisotopic (exact) mass is 333 g/mol. The first kappa shape index (κ1) is 17.1. The maximum absolute atomic E-state index is 11.8. The van der Waals surface area contributed by atoms with Gasteiger partial charge in [-0.2, -0.15) is 0 Å². The zero-order chi connectivity index (χ0) is 15.3. The van der Waals surface area contributed by atoms with Gasteiger partial charge in [-0.15, -0.1) is 11.8 Å². The summed E-state index contributed by atoms with van der Waals surface area (Å²) in [4.78, 5) is 11.8. The zero-order valence-electron chi connectivity index (χ0n) is 12.8. The maximum atomic E-state index is 11.8. The summed E-state index contributed by atoms with van der Waals surface area (Å²) >= 11 is 1.49. The summed E-state index contributed by atoms with van der Waals surface area (Å²) in [6.07, 6.45) is 7.03. The molecule has 1 saturated heterocycles. The minimum absolute atomic E-state index is 0.0573. The van der Waals surface area contributed by atoms with Crippen molar-refractivity contribution in [3.8, 4) is 0 Å². The standard InChI is InChI=1S/C15H27NO3S2/c1-2-12-3-5-13(6-4-12)9-16-15(17)10-20-14-7-8-21(18,19)11-14/h12-14H,2-11H2,1H3,(H,16,17). The molecule has 1 heterocycles. The number of carbonyl (C=O) groups excluding carboxylic acids is 1. The highest BCUT2D eigenvalue weighted by molar-refractivity contribution is 8.02. The van der Waals surface area contributed by atoms with E-state index in [4.69, 9.17) is 0 Å². The average molecular weight is 334 g/mol. The summed E-state index contributed by atoms with van der Waals surface area (Å²) in [6, 6.07) is 0. The Bertz CT molecular complexity index is 442. The fourth-order valence-corrected chi connectivity index (χ4v) is 6.71. The van der Waals surface area contributed by atoms with Gasteiger partial charge in [0.2, 0.25) is 5.91 Å². The molecule has 2 rings (SSSR count). The van der Waals surface area contributed by atoms with Gasteiger partial charge in [0.1, 0.15) is 0 Å². The van der Waals surface area contributed by atoms with Gasteiger partial charge in [-0.3, -0.25) is 4.79 Å². The molecule has 1 aliphatic carbocycles. The Labute approximate surface area is 132 Å². The summed E-state index contributed by atoms with van der Waals surface area (Å²) < 4.78 is 22.7. The molecule has 6 heteroatoms. The van der Waals surface area contributed by atoms with Crippen LogP contribution in [-0.2, 0) is 14.6 Å². The Morgan fingerprint density at radius 2 is 1.81 bits per heavy atom. The largest absolute Gasteiger partial charge is 0.355 e. The predicted octanol–water partition coefficient (Wildman–Crippen LogP) is 2.24. The van der Waals surface area contributed by atoms with E-state index in [-0.39, 0.29) is 22.7 Å². The first-order valence-electron chi connectivity index (χ1n) is 8.07. The van der Waals surface area contributed by atoms with Gasteiger partial charge in [0.25, 0.3) is 0 Å². The number of hydrogen-bond donors (Lipinski definition) is 1. The smallest absolute Gasteiger partial charge is 0.230 e. The van der Waals surface area contributed by atoms with Gasteiger partial charge in [0.15, 0.2) is 9.84 Å².